The predicted octanol–water partition coefficient (Wildman–Crippen LogP) is 3.84. The molecule has 1 aliphatic heterocycles. The van der Waals surface area contributed by atoms with Gasteiger partial charge in [-0.3, -0.25) is 4.79 Å². The van der Waals surface area contributed by atoms with Crippen molar-refractivity contribution >= 4 is 12.0 Å². The highest BCUT2D eigenvalue weighted by atomic mass is 19.1. The molecule has 1 N–H and O–H groups in total. The van der Waals surface area contributed by atoms with Crippen LogP contribution < -0.4 is 5.32 Å². The van der Waals surface area contributed by atoms with Crippen LogP contribution in [0.2, 0.25) is 0 Å². The molecule has 2 amide bonds. The third-order valence-electron chi connectivity index (χ3n) is 4.62. The van der Waals surface area contributed by atoms with Crippen molar-refractivity contribution in [3.8, 4) is 11.1 Å². The molecule has 0 saturated carbocycles. The second-order valence-corrected chi connectivity index (χ2v) is 6.53. The Labute approximate surface area is 158 Å². The topological polar surface area (TPSA) is 58.6 Å². The number of hydrogen-bond acceptors (Lipinski definition) is 3. The lowest BCUT2D eigenvalue weighted by Crippen LogP contribution is -2.46. The molecule has 0 bridgehead atoms. The molecule has 2 aromatic carbocycles. The van der Waals surface area contributed by atoms with Gasteiger partial charge in [-0.15, -0.1) is 0 Å². The van der Waals surface area contributed by atoms with Crippen LogP contribution in [0.15, 0.2) is 48.5 Å². The highest BCUT2D eigenvalue weighted by Gasteiger charge is 2.25. The maximum Gasteiger partial charge on any atom is 0.409 e. The van der Waals surface area contributed by atoms with Crippen LogP contribution in [0.4, 0.5) is 9.18 Å². The molecule has 5 nitrogen and oxygen atoms in total. The van der Waals surface area contributed by atoms with Gasteiger partial charge in [0.1, 0.15) is 5.82 Å². The van der Waals surface area contributed by atoms with Gasteiger partial charge in [-0.05, 0) is 49.1 Å². The quantitative estimate of drug-likeness (QED) is 0.890. The Balaban J connectivity index is 1.64. The Bertz CT molecular complexity index is 802. The van der Waals surface area contributed by atoms with Crippen LogP contribution in [-0.2, 0) is 4.74 Å². The zero-order valence-corrected chi connectivity index (χ0v) is 15.3. The highest BCUT2D eigenvalue weighted by molar-refractivity contribution is 5.95. The van der Waals surface area contributed by atoms with E-state index >= 15 is 0 Å². The van der Waals surface area contributed by atoms with Gasteiger partial charge in [0.2, 0.25) is 0 Å². The number of carbonyl (C=O) groups is 2. The van der Waals surface area contributed by atoms with E-state index in [9.17, 15) is 14.0 Å². The lowest BCUT2D eigenvalue weighted by Gasteiger charge is -2.31. The fourth-order valence-corrected chi connectivity index (χ4v) is 3.21. The first-order chi connectivity index (χ1) is 13.1. The van der Waals surface area contributed by atoms with Gasteiger partial charge in [-0.25, -0.2) is 9.18 Å². The largest absolute Gasteiger partial charge is 0.450 e. The molecular formula is C21H23FN2O3. The molecule has 1 heterocycles. The van der Waals surface area contributed by atoms with E-state index in [2.05, 4.69) is 5.32 Å². The second-order valence-electron chi connectivity index (χ2n) is 6.53. The number of benzene rings is 2. The van der Waals surface area contributed by atoms with Crippen molar-refractivity contribution in [2.75, 3.05) is 19.7 Å². The fourth-order valence-electron chi connectivity index (χ4n) is 3.21. The third-order valence-corrected chi connectivity index (χ3v) is 4.62. The minimum absolute atomic E-state index is 0.0494. The maximum atomic E-state index is 14.0. The Morgan fingerprint density at radius 3 is 2.48 bits per heavy atom. The van der Waals surface area contributed by atoms with Crippen molar-refractivity contribution in [2.45, 2.75) is 25.8 Å². The number of likely N-dealkylation sites (tertiary alicyclic amines) is 1. The number of amides is 2. The van der Waals surface area contributed by atoms with Gasteiger partial charge in [0.25, 0.3) is 5.91 Å². The number of halogens is 1. The van der Waals surface area contributed by atoms with E-state index in [-0.39, 0.29) is 18.0 Å². The third kappa shape index (κ3) is 4.84. The molecule has 1 fully saturated rings. The molecule has 6 heteroatoms. The lowest BCUT2D eigenvalue weighted by atomic mass is 10.0. The van der Waals surface area contributed by atoms with Crippen molar-refractivity contribution in [1.29, 1.82) is 0 Å². The number of nitrogens with zero attached hydrogens (tertiary/aromatic N) is 1. The monoisotopic (exact) mass is 370 g/mol. The summed E-state index contributed by atoms with van der Waals surface area (Å²) in [6.45, 7) is 3.18. The smallest absolute Gasteiger partial charge is 0.409 e. The molecule has 0 radical (unpaired) electrons. The van der Waals surface area contributed by atoms with Crippen LogP contribution in [0.5, 0.6) is 0 Å². The summed E-state index contributed by atoms with van der Waals surface area (Å²) in [5.41, 5.74) is 1.81. The minimum atomic E-state index is -0.446. The Morgan fingerprint density at radius 1 is 1.11 bits per heavy atom. The summed E-state index contributed by atoms with van der Waals surface area (Å²) in [5.74, 6) is -0.750. The van der Waals surface area contributed by atoms with Crippen molar-refractivity contribution in [3.63, 3.8) is 0 Å². The zero-order valence-electron chi connectivity index (χ0n) is 15.3. The van der Waals surface area contributed by atoms with E-state index in [4.69, 9.17) is 4.74 Å². The number of nitrogens with one attached hydrogen (secondary N) is 1. The van der Waals surface area contributed by atoms with Crippen molar-refractivity contribution in [2.24, 2.45) is 0 Å². The Hall–Kier alpha value is -2.89. The van der Waals surface area contributed by atoms with Crippen LogP contribution >= 0.6 is 0 Å². The van der Waals surface area contributed by atoms with Gasteiger partial charge in [-0.1, -0.05) is 30.3 Å². The molecular weight excluding hydrogens is 347 g/mol. The van der Waals surface area contributed by atoms with Gasteiger partial charge < -0.3 is 15.0 Å². The summed E-state index contributed by atoms with van der Waals surface area (Å²) < 4.78 is 19.0. The molecule has 142 valence electrons. The molecule has 0 atom stereocenters. The second kappa shape index (κ2) is 8.66. The van der Waals surface area contributed by atoms with E-state index in [0.717, 1.165) is 5.56 Å². The number of rotatable bonds is 4. The standard InChI is InChI=1S/C21H23FN2O3/c1-2-27-21(26)24-10-8-19(9-11-24)23-20(25)17-12-16(13-18(22)14-17)15-6-4-3-5-7-15/h3-7,12-14,19H,2,8-11H2,1H3,(H,23,25). The number of piperidine rings is 1. The van der Waals surface area contributed by atoms with Gasteiger partial charge in [0.05, 0.1) is 6.61 Å². The first-order valence-electron chi connectivity index (χ1n) is 9.15. The molecule has 27 heavy (non-hydrogen) atoms. The molecule has 2 aromatic rings. The van der Waals surface area contributed by atoms with Crippen LogP contribution in [-0.4, -0.2) is 42.6 Å². The van der Waals surface area contributed by atoms with Crippen LogP contribution in [0.1, 0.15) is 30.1 Å². The van der Waals surface area contributed by atoms with Crippen molar-refractivity contribution in [1.82, 2.24) is 10.2 Å². The van der Waals surface area contributed by atoms with Gasteiger partial charge in [-0.2, -0.15) is 0 Å². The number of hydrogen-bond donors (Lipinski definition) is 1. The maximum absolute atomic E-state index is 14.0. The average Bonchev–Trinajstić information content (AvgIpc) is 2.69. The van der Waals surface area contributed by atoms with Crippen molar-refractivity contribution < 1.29 is 18.7 Å². The average molecular weight is 370 g/mol. The Kier molecular flexibility index (Phi) is 6.06. The molecule has 0 spiro atoms. The molecule has 3 rings (SSSR count). The van der Waals surface area contributed by atoms with Crippen LogP contribution in [0.3, 0.4) is 0 Å². The SMILES string of the molecule is CCOC(=O)N1CCC(NC(=O)c2cc(F)cc(-c3ccccc3)c2)CC1. The molecule has 1 aliphatic rings. The summed E-state index contributed by atoms with van der Waals surface area (Å²) >= 11 is 0. The molecule has 0 unspecified atom stereocenters. The van der Waals surface area contributed by atoms with E-state index in [1.807, 2.05) is 30.3 Å². The first-order valence-corrected chi connectivity index (χ1v) is 9.15. The summed E-state index contributed by atoms with van der Waals surface area (Å²) in [6, 6.07) is 13.7. The summed E-state index contributed by atoms with van der Waals surface area (Å²) in [6.07, 6.45) is 0.969. The van der Waals surface area contributed by atoms with Crippen molar-refractivity contribution in [3.05, 3.63) is 59.9 Å². The van der Waals surface area contributed by atoms with E-state index in [1.54, 1.807) is 17.9 Å². The normalized spacial score (nSPS) is 14.7. The summed E-state index contributed by atoms with van der Waals surface area (Å²) in [4.78, 5) is 26.0. The van der Waals surface area contributed by atoms with E-state index < -0.39 is 5.82 Å². The summed E-state index contributed by atoms with van der Waals surface area (Å²) in [5, 5.41) is 2.95. The first kappa shape index (κ1) is 18.9. The fraction of sp³-hybridized carbons (Fsp3) is 0.333. The van der Waals surface area contributed by atoms with E-state index in [0.29, 0.717) is 43.7 Å². The lowest BCUT2D eigenvalue weighted by molar-refractivity contribution is 0.0859. The Morgan fingerprint density at radius 2 is 1.81 bits per heavy atom. The minimum Gasteiger partial charge on any atom is -0.450 e. The van der Waals surface area contributed by atoms with Gasteiger partial charge in [0.15, 0.2) is 0 Å². The molecule has 0 aromatic heterocycles. The number of ether oxygens (including phenoxy) is 1. The van der Waals surface area contributed by atoms with Crippen LogP contribution in [0.25, 0.3) is 11.1 Å². The van der Waals surface area contributed by atoms with Gasteiger partial charge in [0, 0.05) is 24.7 Å². The molecule has 0 aliphatic carbocycles. The summed E-state index contributed by atoms with van der Waals surface area (Å²) in [7, 11) is 0. The molecule has 1 saturated heterocycles. The van der Waals surface area contributed by atoms with Crippen LogP contribution in [0, 0.1) is 5.82 Å². The zero-order chi connectivity index (χ0) is 19.2. The highest BCUT2D eigenvalue weighted by Crippen LogP contribution is 2.22. The van der Waals surface area contributed by atoms with E-state index in [1.165, 1.54) is 12.1 Å². The number of carbonyl (C=O) groups excluding carboxylic acids is 2. The predicted molar refractivity (Wildman–Crippen MR) is 101 cm³/mol. The van der Waals surface area contributed by atoms with Gasteiger partial charge >= 0.3 is 6.09 Å².